The Balaban J connectivity index is 2.30. The lowest BCUT2D eigenvalue weighted by Crippen LogP contribution is -2.21. The van der Waals surface area contributed by atoms with E-state index in [-0.39, 0.29) is 11.5 Å². The van der Waals surface area contributed by atoms with Gasteiger partial charge in [-0.05, 0) is 18.6 Å². The van der Waals surface area contributed by atoms with Crippen LogP contribution >= 0.6 is 23.2 Å². The van der Waals surface area contributed by atoms with Gasteiger partial charge in [-0.2, -0.15) is 5.26 Å². The number of nitriles is 1. The number of ether oxygens (including phenoxy) is 1. The summed E-state index contributed by atoms with van der Waals surface area (Å²) in [6, 6.07) is 7.37. The second-order valence-electron chi connectivity index (χ2n) is 4.64. The first-order valence-corrected chi connectivity index (χ1v) is 6.86. The van der Waals surface area contributed by atoms with E-state index in [1.807, 2.05) is 13.0 Å². The van der Waals surface area contributed by atoms with Crippen molar-refractivity contribution in [3.05, 3.63) is 56.5 Å². The Bertz CT molecular complexity index is 804. The van der Waals surface area contributed by atoms with E-state index in [0.29, 0.717) is 21.5 Å². The van der Waals surface area contributed by atoms with E-state index in [2.05, 4.69) is 16.3 Å². The molecule has 2 aromatic rings. The molecule has 1 aromatic carbocycles. The standard InChI is InChI=1S/C14H10Cl2N4O/c1-6-10-11(7-3-2-4-9(15)12(7)16)8(5-17)13(18)21-14(10)20-19-6/h2-4,11H,18H2,1H3,(H,19,20)/t11-/m1/s1. The number of aromatic nitrogens is 2. The number of hydrogen-bond acceptors (Lipinski definition) is 4. The molecule has 3 rings (SSSR count). The zero-order valence-corrected chi connectivity index (χ0v) is 12.5. The van der Waals surface area contributed by atoms with Crippen molar-refractivity contribution >= 4 is 23.2 Å². The van der Waals surface area contributed by atoms with Crippen molar-refractivity contribution in [1.29, 1.82) is 5.26 Å². The summed E-state index contributed by atoms with van der Waals surface area (Å²) in [5.41, 5.74) is 8.34. The first-order valence-electron chi connectivity index (χ1n) is 6.11. The van der Waals surface area contributed by atoms with Crippen LogP contribution in [0.3, 0.4) is 0 Å². The number of rotatable bonds is 1. The SMILES string of the molecule is Cc1[nH]nc2c1[C@H](c1cccc(Cl)c1Cl)C(C#N)=C(N)O2. The minimum Gasteiger partial charge on any atom is -0.420 e. The average molecular weight is 321 g/mol. The fourth-order valence-electron chi connectivity index (χ4n) is 2.45. The van der Waals surface area contributed by atoms with Gasteiger partial charge in [0.15, 0.2) is 0 Å². The largest absolute Gasteiger partial charge is 0.420 e. The van der Waals surface area contributed by atoms with Crippen LogP contribution in [-0.2, 0) is 0 Å². The Morgan fingerprint density at radius 2 is 2.19 bits per heavy atom. The highest BCUT2D eigenvalue weighted by Gasteiger charge is 2.35. The van der Waals surface area contributed by atoms with Crippen molar-refractivity contribution in [3.63, 3.8) is 0 Å². The number of nitrogens with two attached hydrogens (primary N) is 1. The number of H-pyrrole nitrogens is 1. The van der Waals surface area contributed by atoms with Crippen LogP contribution < -0.4 is 10.5 Å². The maximum absolute atomic E-state index is 9.43. The molecule has 0 saturated carbocycles. The summed E-state index contributed by atoms with van der Waals surface area (Å²) in [5, 5.41) is 17.1. The molecule has 1 aromatic heterocycles. The molecule has 2 heterocycles. The van der Waals surface area contributed by atoms with Crippen molar-refractivity contribution in [2.75, 3.05) is 0 Å². The highest BCUT2D eigenvalue weighted by molar-refractivity contribution is 6.42. The third kappa shape index (κ3) is 2.04. The fraction of sp³-hybridized carbons (Fsp3) is 0.143. The molecule has 0 amide bonds. The maximum Gasteiger partial charge on any atom is 0.244 e. The smallest absolute Gasteiger partial charge is 0.244 e. The summed E-state index contributed by atoms with van der Waals surface area (Å²) in [7, 11) is 0. The predicted molar refractivity (Wildman–Crippen MR) is 79.1 cm³/mol. The molecule has 0 radical (unpaired) electrons. The molecule has 0 fully saturated rings. The first-order chi connectivity index (χ1) is 10.0. The molecule has 0 bridgehead atoms. The molecule has 21 heavy (non-hydrogen) atoms. The normalized spacial score (nSPS) is 17.1. The van der Waals surface area contributed by atoms with E-state index in [0.717, 1.165) is 11.3 Å². The summed E-state index contributed by atoms with van der Waals surface area (Å²) >= 11 is 12.4. The highest BCUT2D eigenvalue weighted by atomic mass is 35.5. The van der Waals surface area contributed by atoms with Crippen molar-refractivity contribution in [1.82, 2.24) is 10.2 Å². The molecule has 0 spiro atoms. The molecule has 3 N–H and O–H groups in total. The fourth-order valence-corrected chi connectivity index (χ4v) is 2.87. The first kappa shape index (κ1) is 13.8. The second-order valence-corrected chi connectivity index (χ2v) is 5.42. The van der Waals surface area contributed by atoms with Crippen LogP contribution in [-0.4, -0.2) is 10.2 Å². The average Bonchev–Trinajstić information content (AvgIpc) is 2.82. The number of aromatic amines is 1. The molecule has 0 saturated heterocycles. The number of halogens is 2. The Morgan fingerprint density at radius 1 is 1.43 bits per heavy atom. The van der Waals surface area contributed by atoms with E-state index in [4.69, 9.17) is 33.7 Å². The van der Waals surface area contributed by atoms with Crippen LogP contribution in [0.4, 0.5) is 0 Å². The van der Waals surface area contributed by atoms with Gasteiger partial charge in [0.05, 0.1) is 16.0 Å². The Labute approximate surface area is 130 Å². The van der Waals surface area contributed by atoms with Gasteiger partial charge in [-0.15, -0.1) is 5.10 Å². The van der Waals surface area contributed by atoms with E-state index in [1.54, 1.807) is 12.1 Å². The molecule has 1 atom stereocenters. The van der Waals surface area contributed by atoms with Crippen LogP contribution in [0.25, 0.3) is 0 Å². The monoisotopic (exact) mass is 320 g/mol. The van der Waals surface area contributed by atoms with E-state index in [1.165, 1.54) is 0 Å². The lowest BCUT2D eigenvalue weighted by Gasteiger charge is -2.24. The summed E-state index contributed by atoms with van der Waals surface area (Å²) in [5.74, 6) is -0.0775. The van der Waals surface area contributed by atoms with Crippen LogP contribution in [0, 0.1) is 18.3 Å². The van der Waals surface area contributed by atoms with Gasteiger partial charge in [0.25, 0.3) is 0 Å². The van der Waals surface area contributed by atoms with Crippen LogP contribution in [0.5, 0.6) is 5.88 Å². The predicted octanol–water partition coefficient (Wildman–Crippen LogP) is 3.24. The number of allylic oxidation sites excluding steroid dienone is 1. The highest BCUT2D eigenvalue weighted by Crippen LogP contribution is 2.45. The second kappa shape index (κ2) is 4.99. The lowest BCUT2D eigenvalue weighted by molar-refractivity contribution is 0.379. The van der Waals surface area contributed by atoms with Crippen molar-refractivity contribution < 1.29 is 4.74 Å². The van der Waals surface area contributed by atoms with Crippen molar-refractivity contribution in [2.24, 2.45) is 5.73 Å². The molecule has 7 heteroatoms. The number of nitrogens with one attached hydrogen (secondary N) is 1. The zero-order chi connectivity index (χ0) is 15.1. The van der Waals surface area contributed by atoms with Crippen LogP contribution in [0.1, 0.15) is 22.7 Å². The number of aryl methyl sites for hydroxylation is 1. The van der Waals surface area contributed by atoms with E-state index < -0.39 is 5.92 Å². The molecular formula is C14H10Cl2N4O. The van der Waals surface area contributed by atoms with E-state index in [9.17, 15) is 5.26 Å². The van der Waals surface area contributed by atoms with Crippen molar-refractivity contribution in [2.45, 2.75) is 12.8 Å². The van der Waals surface area contributed by atoms with E-state index >= 15 is 0 Å². The minimum atomic E-state index is -0.455. The van der Waals surface area contributed by atoms with Gasteiger partial charge in [0, 0.05) is 11.3 Å². The number of nitrogens with zero attached hydrogens (tertiary/aromatic N) is 2. The summed E-state index contributed by atoms with van der Waals surface area (Å²) in [6.07, 6.45) is 0. The van der Waals surface area contributed by atoms with Crippen LogP contribution in [0.2, 0.25) is 10.0 Å². The molecule has 0 unspecified atom stereocenters. The molecule has 0 aliphatic carbocycles. The molecule has 106 valence electrons. The third-order valence-electron chi connectivity index (χ3n) is 3.42. The van der Waals surface area contributed by atoms with Crippen molar-refractivity contribution in [3.8, 4) is 11.9 Å². The molecule has 1 aliphatic heterocycles. The Kier molecular flexibility index (Phi) is 3.28. The zero-order valence-electron chi connectivity index (χ0n) is 10.9. The van der Waals surface area contributed by atoms with Gasteiger partial charge in [-0.1, -0.05) is 35.3 Å². The molecule has 5 nitrogen and oxygen atoms in total. The Hall–Kier alpha value is -2.16. The summed E-state index contributed by atoms with van der Waals surface area (Å²) in [4.78, 5) is 0. The van der Waals surface area contributed by atoms with Gasteiger partial charge in [-0.3, -0.25) is 5.10 Å². The maximum atomic E-state index is 9.43. The third-order valence-corrected chi connectivity index (χ3v) is 4.26. The number of fused-ring (bicyclic) bond motifs is 1. The van der Waals surface area contributed by atoms with Gasteiger partial charge in [0.1, 0.15) is 11.6 Å². The van der Waals surface area contributed by atoms with Gasteiger partial charge in [0.2, 0.25) is 11.8 Å². The van der Waals surface area contributed by atoms with Gasteiger partial charge in [-0.25, -0.2) is 0 Å². The number of hydrogen-bond donors (Lipinski definition) is 2. The van der Waals surface area contributed by atoms with Gasteiger partial charge >= 0.3 is 0 Å². The lowest BCUT2D eigenvalue weighted by atomic mass is 9.84. The summed E-state index contributed by atoms with van der Waals surface area (Å²) < 4.78 is 5.39. The summed E-state index contributed by atoms with van der Waals surface area (Å²) in [6.45, 7) is 1.84. The quantitative estimate of drug-likeness (QED) is 0.844. The topological polar surface area (TPSA) is 87.7 Å². The van der Waals surface area contributed by atoms with Gasteiger partial charge < -0.3 is 10.5 Å². The molecular weight excluding hydrogens is 311 g/mol. The van der Waals surface area contributed by atoms with Crippen LogP contribution in [0.15, 0.2) is 29.7 Å². The Morgan fingerprint density at radius 3 is 2.90 bits per heavy atom. The number of benzene rings is 1. The molecule has 1 aliphatic rings. The minimum absolute atomic E-state index is 0.0255.